The van der Waals surface area contributed by atoms with E-state index in [2.05, 4.69) is 43.6 Å². The molecule has 1 unspecified atom stereocenters. The molecule has 1 aromatic heterocycles. The minimum atomic E-state index is 0.586. The zero-order valence-electron chi connectivity index (χ0n) is 12.4. The normalized spacial score (nSPS) is 24.9. The summed E-state index contributed by atoms with van der Waals surface area (Å²) in [4.78, 5) is 4.79. The van der Waals surface area contributed by atoms with Crippen molar-refractivity contribution >= 4 is 21.6 Å². The van der Waals surface area contributed by atoms with Gasteiger partial charge in [-0.15, -0.1) is 11.3 Å². The number of likely N-dealkylation sites (N-methyl/N-ethyl adjacent to an activating group) is 1. The molecule has 0 bridgehead atoms. The number of rotatable bonds is 4. The van der Waals surface area contributed by atoms with Crippen molar-refractivity contribution in [1.82, 2.24) is 10.3 Å². The maximum atomic E-state index is 4.79. The lowest BCUT2D eigenvalue weighted by molar-refractivity contribution is 0.235. The molecule has 108 valence electrons. The number of aromatic nitrogens is 1. The first-order valence-electron chi connectivity index (χ1n) is 7.78. The molecule has 0 radical (unpaired) electrons. The van der Waals surface area contributed by atoms with E-state index < -0.39 is 0 Å². The highest BCUT2D eigenvalue weighted by Gasteiger charge is 2.26. The monoisotopic (exact) mass is 288 g/mol. The molecule has 2 nitrogen and oxygen atoms in total. The third kappa shape index (κ3) is 3.04. The Kier molecular flexibility index (Phi) is 4.37. The van der Waals surface area contributed by atoms with Crippen LogP contribution in [0.3, 0.4) is 0 Å². The Balaban J connectivity index is 1.70. The van der Waals surface area contributed by atoms with E-state index in [4.69, 9.17) is 4.98 Å². The molecule has 2 aromatic rings. The Morgan fingerprint density at radius 1 is 1.25 bits per heavy atom. The number of thiazole rings is 1. The second-order valence-electron chi connectivity index (χ2n) is 6.19. The molecule has 1 aliphatic rings. The van der Waals surface area contributed by atoms with Gasteiger partial charge < -0.3 is 5.32 Å². The van der Waals surface area contributed by atoms with E-state index in [1.807, 2.05) is 11.3 Å². The summed E-state index contributed by atoms with van der Waals surface area (Å²) in [5, 5.41) is 4.83. The molecular weight excluding hydrogens is 264 g/mol. The maximum absolute atomic E-state index is 4.79. The molecule has 1 aromatic carbocycles. The smallest absolute Gasteiger partial charge is 0.0954 e. The van der Waals surface area contributed by atoms with Crippen molar-refractivity contribution in [3.63, 3.8) is 0 Å². The van der Waals surface area contributed by atoms with Gasteiger partial charge in [-0.1, -0.05) is 31.9 Å². The van der Waals surface area contributed by atoms with E-state index in [-0.39, 0.29) is 0 Å². The lowest BCUT2D eigenvalue weighted by Crippen LogP contribution is -2.37. The Morgan fingerprint density at radius 3 is 2.70 bits per heavy atom. The van der Waals surface area contributed by atoms with E-state index in [9.17, 15) is 0 Å². The van der Waals surface area contributed by atoms with Gasteiger partial charge in [0.15, 0.2) is 0 Å². The number of nitrogens with zero attached hydrogens (tertiary/aromatic N) is 1. The van der Waals surface area contributed by atoms with Crippen molar-refractivity contribution in [3.8, 4) is 0 Å². The summed E-state index contributed by atoms with van der Waals surface area (Å²) in [7, 11) is 2.11. The number of para-hydroxylation sites is 1. The number of nitrogens with one attached hydrogen (secondary N) is 1. The van der Waals surface area contributed by atoms with E-state index in [0.717, 1.165) is 23.8 Å². The van der Waals surface area contributed by atoms with Crippen LogP contribution in [0, 0.1) is 11.8 Å². The third-order valence-electron chi connectivity index (χ3n) is 4.73. The molecule has 1 fully saturated rings. The van der Waals surface area contributed by atoms with Crippen LogP contribution in [0.15, 0.2) is 24.3 Å². The lowest BCUT2D eigenvalue weighted by Gasteiger charge is -2.32. The van der Waals surface area contributed by atoms with E-state index >= 15 is 0 Å². The van der Waals surface area contributed by atoms with Crippen molar-refractivity contribution in [2.45, 2.75) is 45.1 Å². The highest BCUT2D eigenvalue weighted by atomic mass is 32.1. The fourth-order valence-corrected chi connectivity index (χ4v) is 4.41. The fourth-order valence-electron chi connectivity index (χ4n) is 3.39. The number of hydrogen-bond donors (Lipinski definition) is 1. The van der Waals surface area contributed by atoms with Crippen molar-refractivity contribution in [2.24, 2.45) is 11.8 Å². The molecule has 0 amide bonds. The molecule has 1 saturated carbocycles. The van der Waals surface area contributed by atoms with Gasteiger partial charge in [0.1, 0.15) is 0 Å². The van der Waals surface area contributed by atoms with Crippen LogP contribution >= 0.6 is 11.3 Å². The quantitative estimate of drug-likeness (QED) is 0.909. The van der Waals surface area contributed by atoms with Crippen molar-refractivity contribution in [3.05, 3.63) is 29.3 Å². The largest absolute Gasteiger partial charge is 0.316 e. The summed E-state index contributed by atoms with van der Waals surface area (Å²) in [5.41, 5.74) is 1.15. The first-order chi connectivity index (χ1) is 9.76. The van der Waals surface area contributed by atoms with Gasteiger partial charge >= 0.3 is 0 Å². The SMILES string of the molecule is CNC(Cc1nc2ccccc2s1)C1CCC(C)CC1. The fraction of sp³-hybridized carbons (Fsp3) is 0.588. The standard InChI is InChI=1S/C17H24N2S/c1-12-7-9-13(10-8-12)15(18-2)11-17-19-14-5-3-4-6-16(14)20-17/h3-6,12-13,15,18H,7-11H2,1-2H3. The molecule has 1 N–H and O–H groups in total. The second-order valence-corrected chi connectivity index (χ2v) is 7.31. The zero-order chi connectivity index (χ0) is 13.9. The summed E-state index contributed by atoms with van der Waals surface area (Å²) < 4.78 is 1.31. The van der Waals surface area contributed by atoms with Crippen molar-refractivity contribution in [1.29, 1.82) is 0 Å². The lowest BCUT2D eigenvalue weighted by atomic mass is 9.78. The first-order valence-corrected chi connectivity index (χ1v) is 8.59. The highest BCUT2D eigenvalue weighted by Crippen LogP contribution is 2.32. The van der Waals surface area contributed by atoms with Gasteiger partial charge in [0.2, 0.25) is 0 Å². The molecule has 1 heterocycles. The maximum Gasteiger partial charge on any atom is 0.0954 e. The van der Waals surface area contributed by atoms with Crippen molar-refractivity contribution < 1.29 is 0 Å². The Bertz CT molecular complexity index is 522. The molecule has 0 aliphatic heterocycles. The van der Waals surface area contributed by atoms with Crippen LogP contribution in [-0.4, -0.2) is 18.1 Å². The highest BCUT2D eigenvalue weighted by molar-refractivity contribution is 7.18. The predicted molar refractivity (Wildman–Crippen MR) is 87.3 cm³/mol. The molecule has 20 heavy (non-hydrogen) atoms. The van der Waals surface area contributed by atoms with Gasteiger partial charge in [-0.2, -0.15) is 0 Å². The topological polar surface area (TPSA) is 24.9 Å². The molecule has 1 atom stereocenters. The summed E-state index contributed by atoms with van der Waals surface area (Å²) in [6, 6.07) is 9.05. The van der Waals surface area contributed by atoms with Gasteiger partial charge in [0, 0.05) is 12.5 Å². The van der Waals surface area contributed by atoms with Crippen molar-refractivity contribution in [2.75, 3.05) is 7.05 Å². The number of fused-ring (bicyclic) bond motifs is 1. The summed E-state index contributed by atoms with van der Waals surface area (Å²) in [5.74, 6) is 1.74. The van der Waals surface area contributed by atoms with Gasteiger partial charge in [-0.05, 0) is 43.9 Å². The first kappa shape index (κ1) is 14.0. The number of hydrogen-bond acceptors (Lipinski definition) is 3. The van der Waals surface area contributed by atoms with E-state index in [1.165, 1.54) is 35.4 Å². The molecule has 3 heteroatoms. The minimum Gasteiger partial charge on any atom is -0.316 e. The predicted octanol–water partition coefficient (Wildman–Crippen LogP) is 4.25. The Morgan fingerprint density at radius 2 is 2.00 bits per heavy atom. The average molecular weight is 288 g/mol. The van der Waals surface area contributed by atoms with Gasteiger partial charge in [-0.3, -0.25) is 0 Å². The Labute approximate surface area is 125 Å². The summed E-state index contributed by atoms with van der Waals surface area (Å²) in [6.07, 6.45) is 6.61. The minimum absolute atomic E-state index is 0.586. The molecule has 1 aliphatic carbocycles. The summed E-state index contributed by atoms with van der Waals surface area (Å²) >= 11 is 1.85. The van der Waals surface area contributed by atoms with Crippen LogP contribution in [0.2, 0.25) is 0 Å². The molecular formula is C17H24N2S. The van der Waals surface area contributed by atoms with Gasteiger partial charge in [0.05, 0.1) is 15.2 Å². The second kappa shape index (κ2) is 6.23. The molecule has 0 saturated heterocycles. The van der Waals surface area contributed by atoms with Crippen LogP contribution in [0.1, 0.15) is 37.6 Å². The number of benzene rings is 1. The van der Waals surface area contributed by atoms with Gasteiger partial charge in [-0.25, -0.2) is 4.98 Å². The van der Waals surface area contributed by atoms with Crippen LogP contribution in [0.5, 0.6) is 0 Å². The average Bonchev–Trinajstić information content (AvgIpc) is 2.88. The summed E-state index contributed by atoms with van der Waals surface area (Å²) in [6.45, 7) is 2.39. The van der Waals surface area contributed by atoms with E-state index in [0.29, 0.717) is 6.04 Å². The molecule has 0 spiro atoms. The molecule has 3 rings (SSSR count). The van der Waals surface area contributed by atoms with Crippen LogP contribution in [0.4, 0.5) is 0 Å². The van der Waals surface area contributed by atoms with Gasteiger partial charge in [0.25, 0.3) is 0 Å². The Hall–Kier alpha value is -0.930. The third-order valence-corrected chi connectivity index (χ3v) is 5.79. The van der Waals surface area contributed by atoms with Crippen LogP contribution in [-0.2, 0) is 6.42 Å². The van der Waals surface area contributed by atoms with Crippen LogP contribution in [0.25, 0.3) is 10.2 Å². The van der Waals surface area contributed by atoms with Crippen LogP contribution < -0.4 is 5.32 Å². The zero-order valence-corrected chi connectivity index (χ0v) is 13.2. The van der Waals surface area contributed by atoms with E-state index in [1.54, 1.807) is 0 Å².